The third kappa shape index (κ3) is 2.09. The van der Waals surface area contributed by atoms with Crippen molar-refractivity contribution < 1.29 is 0 Å². The fourth-order valence-corrected chi connectivity index (χ4v) is 4.18. The van der Waals surface area contributed by atoms with E-state index in [9.17, 15) is 0 Å². The van der Waals surface area contributed by atoms with E-state index in [-0.39, 0.29) is 6.04 Å². The summed E-state index contributed by atoms with van der Waals surface area (Å²) >= 11 is 3.63. The van der Waals surface area contributed by atoms with Crippen LogP contribution in [0, 0.1) is 0 Å². The normalized spacial score (nSPS) is 13.0. The van der Waals surface area contributed by atoms with Crippen LogP contribution in [-0.2, 0) is 6.42 Å². The molecule has 0 aliphatic rings. The summed E-state index contributed by atoms with van der Waals surface area (Å²) in [6.07, 6.45) is 1.09. The Bertz CT molecular complexity index is 633. The Morgan fingerprint density at radius 3 is 2.61 bits per heavy atom. The molecule has 0 aliphatic carbocycles. The highest BCUT2D eigenvalue weighted by molar-refractivity contribution is 7.19. The van der Waals surface area contributed by atoms with Crippen molar-refractivity contribution in [1.29, 1.82) is 0 Å². The topological polar surface area (TPSA) is 26.0 Å². The molecule has 0 amide bonds. The second-order valence-electron chi connectivity index (χ2n) is 4.32. The molecule has 18 heavy (non-hydrogen) atoms. The molecule has 1 atom stereocenters. The van der Waals surface area contributed by atoms with E-state index >= 15 is 0 Å². The van der Waals surface area contributed by atoms with Crippen molar-refractivity contribution in [3.05, 3.63) is 57.1 Å². The Kier molecular flexibility index (Phi) is 3.20. The van der Waals surface area contributed by atoms with Gasteiger partial charge in [-0.25, -0.2) is 0 Å². The Morgan fingerprint density at radius 1 is 1.06 bits per heavy atom. The van der Waals surface area contributed by atoms with Gasteiger partial charge in [0.25, 0.3) is 0 Å². The van der Waals surface area contributed by atoms with Gasteiger partial charge in [0.2, 0.25) is 0 Å². The van der Waals surface area contributed by atoms with Crippen LogP contribution >= 0.6 is 22.7 Å². The predicted molar refractivity (Wildman–Crippen MR) is 81.6 cm³/mol. The van der Waals surface area contributed by atoms with Crippen molar-refractivity contribution in [2.45, 2.75) is 19.4 Å². The van der Waals surface area contributed by atoms with Crippen molar-refractivity contribution in [2.75, 3.05) is 0 Å². The van der Waals surface area contributed by atoms with Crippen LogP contribution in [0.4, 0.5) is 0 Å². The highest BCUT2D eigenvalue weighted by atomic mass is 32.1. The maximum absolute atomic E-state index is 6.37. The summed E-state index contributed by atoms with van der Waals surface area (Å²) in [5, 5.41) is 1.29. The molecule has 0 radical (unpaired) electrons. The SMILES string of the molecule is CCc1ccc(C(N)c2cc3ccccc3s2)s1. The predicted octanol–water partition coefficient (Wildman–Crippen LogP) is 4.57. The van der Waals surface area contributed by atoms with Crippen LogP contribution in [0.1, 0.15) is 27.6 Å². The highest BCUT2D eigenvalue weighted by Crippen LogP contribution is 2.34. The Hall–Kier alpha value is -1.16. The summed E-state index contributed by atoms with van der Waals surface area (Å²) in [6, 6.07) is 15.0. The Balaban J connectivity index is 1.98. The second kappa shape index (κ2) is 4.84. The fraction of sp³-hybridized carbons (Fsp3) is 0.200. The molecule has 3 heteroatoms. The molecule has 0 saturated carbocycles. The molecule has 0 aliphatic heterocycles. The van der Waals surface area contributed by atoms with Crippen LogP contribution in [0.5, 0.6) is 0 Å². The van der Waals surface area contributed by atoms with Gasteiger partial charge in [0.1, 0.15) is 0 Å². The summed E-state index contributed by atoms with van der Waals surface area (Å²) in [6.45, 7) is 2.18. The lowest BCUT2D eigenvalue weighted by Gasteiger charge is -2.05. The van der Waals surface area contributed by atoms with Crippen LogP contribution in [0.3, 0.4) is 0 Å². The maximum Gasteiger partial charge on any atom is 0.0740 e. The summed E-state index contributed by atoms with van der Waals surface area (Å²) in [4.78, 5) is 3.92. The third-order valence-electron chi connectivity index (χ3n) is 3.09. The number of aryl methyl sites for hydroxylation is 1. The van der Waals surface area contributed by atoms with Gasteiger partial charge >= 0.3 is 0 Å². The molecule has 1 nitrogen and oxygen atoms in total. The van der Waals surface area contributed by atoms with Crippen molar-refractivity contribution in [1.82, 2.24) is 0 Å². The minimum absolute atomic E-state index is 0.0210. The van der Waals surface area contributed by atoms with Gasteiger partial charge in [0.15, 0.2) is 0 Å². The number of fused-ring (bicyclic) bond motifs is 1. The highest BCUT2D eigenvalue weighted by Gasteiger charge is 2.14. The zero-order valence-electron chi connectivity index (χ0n) is 10.2. The van der Waals surface area contributed by atoms with Gasteiger partial charge in [-0.1, -0.05) is 25.1 Å². The molecule has 2 heterocycles. The second-order valence-corrected chi connectivity index (χ2v) is 6.64. The van der Waals surface area contributed by atoms with Gasteiger partial charge in [-0.2, -0.15) is 0 Å². The number of hydrogen-bond acceptors (Lipinski definition) is 3. The smallest absolute Gasteiger partial charge is 0.0740 e. The van der Waals surface area contributed by atoms with Crippen molar-refractivity contribution in [3.8, 4) is 0 Å². The summed E-state index contributed by atoms with van der Waals surface area (Å²) in [5.41, 5.74) is 6.37. The first-order valence-electron chi connectivity index (χ1n) is 6.10. The monoisotopic (exact) mass is 273 g/mol. The zero-order chi connectivity index (χ0) is 12.5. The van der Waals surface area contributed by atoms with E-state index in [1.54, 1.807) is 11.3 Å². The van der Waals surface area contributed by atoms with Gasteiger partial charge in [-0.15, -0.1) is 22.7 Å². The standard InChI is InChI=1S/C15H15NS2/c1-2-11-7-8-13(17-11)15(16)14-9-10-5-3-4-6-12(10)18-14/h3-9,15H,2,16H2,1H3. The lowest BCUT2D eigenvalue weighted by Crippen LogP contribution is -2.07. The third-order valence-corrected chi connectivity index (χ3v) is 5.60. The number of nitrogens with two attached hydrogens (primary N) is 1. The first-order chi connectivity index (χ1) is 8.78. The maximum atomic E-state index is 6.37. The molecule has 0 bridgehead atoms. The minimum atomic E-state index is 0.0210. The number of hydrogen-bond donors (Lipinski definition) is 1. The summed E-state index contributed by atoms with van der Waals surface area (Å²) in [7, 11) is 0. The van der Waals surface area contributed by atoms with E-state index in [2.05, 4.69) is 49.4 Å². The van der Waals surface area contributed by atoms with Crippen LogP contribution in [0.25, 0.3) is 10.1 Å². The van der Waals surface area contributed by atoms with Gasteiger partial charge in [-0.3, -0.25) is 0 Å². The molecule has 3 aromatic rings. The van der Waals surface area contributed by atoms with Gasteiger partial charge in [-0.05, 0) is 36.1 Å². The lowest BCUT2D eigenvalue weighted by atomic mass is 10.2. The number of rotatable bonds is 3. The summed E-state index contributed by atoms with van der Waals surface area (Å²) < 4.78 is 1.32. The van der Waals surface area contributed by atoms with Crippen molar-refractivity contribution >= 4 is 32.8 Å². The van der Waals surface area contributed by atoms with E-state index in [0.29, 0.717) is 0 Å². The Morgan fingerprint density at radius 2 is 1.89 bits per heavy atom. The quantitative estimate of drug-likeness (QED) is 0.743. The first kappa shape index (κ1) is 11.9. The van der Waals surface area contributed by atoms with Crippen LogP contribution in [0.15, 0.2) is 42.5 Å². The molecular formula is C15H15NS2. The molecular weight excluding hydrogens is 258 g/mol. The van der Waals surface area contributed by atoms with Gasteiger partial charge < -0.3 is 5.73 Å². The van der Waals surface area contributed by atoms with Gasteiger partial charge in [0, 0.05) is 19.3 Å². The average molecular weight is 273 g/mol. The molecule has 1 unspecified atom stereocenters. The molecule has 1 aromatic carbocycles. The van der Waals surface area contributed by atoms with Crippen molar-refractivity contribution in [3.63, 3.8) is 0 Å². The molecule has 2 N–H and O–H groups in total. The van der Waals surface area contributed by atoms with E-state index < -0.39 is 0 Å². The molecule has 3 rings (SSSR count). The van der Waals surface area contributed by atoms with E-state index in [0.717, 1.165) is 6.42 Å². The molecule has 92 valence electrons. The molecule has 0 spiro atoms. The number of thiophene rings is 2. The number of benzene rings is 1. The first-order valence-corrected chi connectivity index (χ1v) is 7.74. The van der Waals surface area contributed by atoms with Crippen LogP contribution in [-0.4, -0.2) is 0 Å². The van der Waals surface area contributed by atoms with E-state index in [1.165, 1.54) is 24.7 Å². The largest absolute Gasteiger partial charge is 0.319 e. The van der Waals surface area contributed by atoms with Crippen molar-refractivity contribution in [2.24, 2.45) is 5.73 Å². The minimum Gasteiger partial charge on any atom is -0.319 e. The average Bonchev–Trinajstić information content (AvgIpc) is 3.04. The van der Waals surface area contributed by atoms with Crippen LogP contribution in [0.2, 0.25) is 0 Å². The van der Waals surface area contributed by atoms with E-state index in [1.807, 2.05) is 11.3 Å². The lowest BCUT2D eigenvalue weighted by molar-refractivity contribution is 0.918. The molecule has 0 fully saturated rings. The van der Waals surface area contributed by atoms with E-state index in [4.69, 9.17) is 5.73 Å². The zero-order valence-corrected chi connectivity index (χ0v) is 11.9. The molecule has 0 saturated heterocycles. The summed E-state index contributed by atoms with van der Waals surface area (Å²) in [5.74, 6) is 0. The molecule has 2 aromatic heterocycles. The van der Waals surface area contributed by atoms with Crippen LogP contribution < -0.4 is 5.73 Å². The van der Waals surface area contributed by atoms with Gasteiger partial charge in [0.05, 0.1) is 6.04 Å². The fourth-order valence-electron chi connectivity index (χ4n) is 2.05. The Labute approximate surface area is 115 Å².